The van der Waals surface area contributed by atoms with E-state index in [1.54, 1.807) is 6.07 Å². The van der Waals surface area contributed by atoms with Crippen molar-refractivity contribution >= 4 is 21.6 Å². The molecule has 0 saturated heterocycles. The summed E-state index contributed by atoms with van der Waals surface area (Å²) < 4.78 is 25.5. The van der Waals surface area contributed by atoms with Crippen LogP contribution in [0.3, 0.4) is 0 Å². The van der Waals surface area contributed by atoms with Crippen LogP contribution in [0.1, 0.15) is 13.3 Å². The number of para-hydroxylation sites is 1. The number of hydrogen-bond donors (Lipinski definition) is 1. The molecule has 20 heavy (non-hydrogen) atoms. The molecule has 0 atom stereocenters. The second-order valence-electron chi connectivity index (χ2n) is 4.20. The van der Waals surface area contributed by atoms with Crippen molar-refractivity contribution in [2.24, 2.45) is 0 Å². The van der Waals surface area contributed by atoms with Crippen LogP contribution in [0.15, 0.2) is 40.9 Å². The molecule has 0 spiro atoms. The smallest absolute Gasteiger partial charge is 0.167 e. The molecule has 0 aliphatic rings. The van der Waals surface area contributed by atoms with Crippen molar-refractivity contribution < 1.29 is 13.9 Å². The van der Waals surface area contributed by atoms with Gasteiger partial charge < -0.3 is 15.2 Å². The summed E-state index contributed by atoms with van der Waals surface area (Å²) in [5.41, 5.74) is 6.01. The molecule has 0 amide bonds. The number of anilines is 1. The molecule has 0 aromatic heterocycles. The van der Waals surface area contributed by atoms with Crippen molar-refractivity contribution in [2.45, 2.75) is 13.3 Å². The Kier molecular flexibility index (Phi) is 4.84. The van der Waals surface area contributed by atoms with Crippen LogP contribution in [-0.2, 0) is 0 Å². The van der Waals surface area contributed by atoms with E-state index >= 15 is 0 Å². The van der Waals surface area contributed by atoms with E-state index in [2.05, 4.69) is 15.9 Å². The van der Waals surface area contributed by atoms with Gasteiger partial charge in [-0.2, -0.15) is 0 Å². The summed E-state index contributed by atoms with van der Waals surface area (Å²) in [6.07, 6.45) is 0.796. The van der Waals surface area contributed by atoms with Crippen molar-refractivity contribution in [1.82, 2.24) is 0 Å². The maximum Gasteiger partial charge on any atom is 0.167 e. The molecule has 2 aromatic rings. The van der Waals surface area contributed by atoms with Crippen LogP contribution in [0.2, 0.25) is 0 Å². The van der Waals surface area contributed by atoms with E-state index in [4.69, 9.17) is 15.2 Å². The fourth-order valence-corrected chi connectivity index (χ4v) is 1.97. The second kappa shape index (κ2) is 6.61. The van der Waals surface area contributed by atoms with Gasteiger partial charge in [-0.1, -0.05) is 19.1 Å². The van der Waals surface area contributed by atoms with Crippen LogP contribution in [0.4, 0.5) is 10.1 Å². The van der Waals surface area contributed by atoms with Crippen LogP contribution >= 0.6 is 15.9 Å². The van der Waals surface area contributed by atoms with Gasteiger partial charge in [0.25, 0.3) is 0 Å². The van der Waals surface area contributed by atoms with Crippen LogP contribution in [0.5, 0.6) is 17.2 Å². The van der Waals surface area contributed by atoms with E-state index < -0.39 is 5.82 Å². The topological polar surface area (TPSA) is 44.5 Å². The first-order valence-corrected chi connectivity index (χ1v) is 7.05. The second-order valence-corrected chi connectivity index (χ2v) is 5.06. The summed E-state index contributed by atoms with van der Waals surface area (Å²) in [6, 6.07) is 10.0. The zero-order valence-electron chi connectivity index (χ0n) is 11.0. The Morgan fingerprint density at radius 3 is 2.60 bits per heavy atom. The molecule has 2 rings (SSSR count). The highest BCUT2D eigenvalue weighted by Gasteiger charge is 2.12. The Hall–Kier alpha value is -1.75. The molecular formula is C15H15BrFNO2. The third-order valence-corrected chi connectivity index (χ3v) is 3.24. The first-order chi connectivity index (χ1) is 9.61. The van der Waals surface area contributed by atoms with Gasteiger partial charge in [-0.05, 0) is 34.5 Å². The highest BCUT2D eigenvalue weighted by molar-refractivity contribution is 9.10. The Morgan fingerprint density at radius 2 is 1.90 bits per heavy atom. The predicted octanol–water partition coefficient (Wildman–Crippen LogP) is 4.75. The van der Waals surface area contributed by atoms with Gasteiger partial charge in [0.15, 0.2) is 17.3 Å². The summed E-state index contributed by atoms with van der Waals surface area (Å²) in [7, 11) is 0. The third-order valence-electron chi connectivity index (χ3n) is 2.58. The Balaban J connectivity index is 2.29. The van der Waals surface area contributed by atoms with Gasteiger partial charge in [0, 0.05) is 12.1 Å². The molecule has 2 N–H and O–H groups in total. The average molecular weight is 340 g/mol. The number of rotatable bonds is 5. The monoisotopic (exact) mass is 339 g/mol. The molecule has 3 nitrogen and oxygen atoms in total. The van der Waals surface area contributed by atoms with Gasteiger partial charge in [0.2, 0.25) is 0 Å². The van der Waals surface area contributed by atoms with Gasteiger partial charge in [0.1, 0.15) is 5.75 Å². The summed E-state index contributed by atoms with van der Waals surface area (Å²) >= 11 is 3.38. The minimum Gasteiger partial charge on any atom is -0.490 e. The standard InChI is InChI=1S/C15H15BrFNO2/c1-2-7-19-14-9-15(12(18)8-11(14)17)20-13-6-4-3-5-10(13)16/h3-6,8-9H,2,7,18H2,1H3. The van der Waals surface area contributed by atoms with E-state index in [1.807, 2.05) is 25.1 Å². The van der Waals surface area contributed by atoms with E-state index in [0.29, 0.717) is 18.1 Å². The summed E-state index contributed by atoms with van der Waals surface area (Å²) in [5, 5.41) is 0. The van der Waals surface area contributed by atoms with Gasteiger partial charge >= 0.3 is 0 Å². The molecule has 0 heterocycles. The molecule has 0 bridgehead atoms. The van der Waals surface area contributed by atoms with Crippen molar-refractivity contribution in [1.29, 1.82) is 0 Å². The largest absolute Gasteiger partial charge is 0.490 e. The molecule has 0 radical (unpaired) electrons. The molecular weight excluding hydrogens is 325 g/mol. The van der Waals surface area contributed by atoms with Gasteiger partial charge in [-0.3, -0.25) is 0 Å². The first kappa shape index (κ1) is 14.7. The summed E-state index contributed by atoms with van der Waals surface area (Å²) in [6.45, 7) is 2.39. The van der Waals surface area contributed by atoms with Crippen molar-refractivity contribution in [3.05, 3.63) is 46.7 Å². The fourth-order valence-electron chi connectivity index (χ4n) is 1.61. The Bertz CT molecular complexity index is 604. The number of ether oxygens (including phenoxy) is 2. The first-order valence-electron chi connectivity index (χ1n) is 6.26. The van der Waals surface area contributed by atoms with Crippen molar-refractivity contribution in [2.75, 3.05) is 12.3 Å². The number of nitrogen functional groups attached to an aromatic ring is 1. The number of hydrogen-bond acceptors (Lipinski definition) is 3. The predicted molar refractivity (Wildman–Crippen MR) is 80.8 cm³/mol. The highest BCUT2D eigenvalue weighted by Crippen LogP contribution is 2.36. The molecule has 2 aromatic carbocycles. The SMILES string of the molecule is CCCOc1cc(Oc2ccccc2Br)c(N)cc1F. The van der Waals surface area contributed by atoms with Crippen molar-refractivity contribution in [3.8, 4) is 17.2 Å². The zero-order chi connectivity index (χ0) is 14.5. The minimum absolute atomic E-state index is 0.142. The average Bonchev–Trinajstić information content (AvgIpc) is 2.43. The van der Waals surface area contributed by atoms with Crippen LogP contribution in [-0.4, -0.2) is 6.61 Å². The van der Waals surface area contributed by atoms with E-state index in [0.717, 1.165) is 10.9 Å². The fraction of sp³-hybridized carbons (Fsp3) is 0.200. The lowest BCUT2D eigenvalue weighted by atomic mass is 10.2. The third kappa shape index (κ3) is 3.42. The van der Waals surface area contributed by atoms with Gasteiger partial charge in [0.05, 0.1) is 16.8 Å². The number of benzene rings is 2. The quantitative estimate of drug-likeness (QED) is 0.799. The molecule has 106 valence electrons. The maximum atomic E-state index is 13.7. The molecule has 0 unspecified atom stereocenters. The molecule has 0 fully saturated rings. The summed E-state index contributed by atoms with van der Waals surface area (Å²) in [5.74, 6) is 0.621. The van der Waals surface area contributed by atoms with E-state index in [-0.39, 0.29) is 11.4 Å². The normalized spacial score (nSPS) is 10.3. The lowest BCUT2D eigenvalue weighted by Crippen LogP contribution is -2.00. The van der Waals surface area contributed by atoms with Crippen LogP contribution in [0, 0.1) is 5.82 Å². The lowest BCUT2D eigenvalue weighted by molar-refractivity contribution is 0.299. The van der Waals surface area contributed by atoms with Crippen LogP contribution < -0.4 is 15.2 Å². The number of nitrogens with two attached hydrogens (primary N) is 1. The molecule has 0 aliphatic heterocycles. The Morgan fingerprint density at radius 1 is 1.15 bits per heavy atom. The summed E-state index contributed by atoms with van der Waals surface area (Å²) in [4.78, 5) is 0. The van der Waals surface area contributed by atoms with Gasteiger partial charge in [-0.25, -0.2) is 4.39 Å². The van der Waals surface area contributed by atoms with Crippen molar-refractivity contribution in [3.63, 3.8) is 0 Å². The van der Waals surface area contributed by atoms with E-state index in [9.17, 15) is 4.39 Å². The molecule has 0 aliphatic carbocycles. The van der Waals surface area contributed by atoms with Crippen LogP contribution in [0.25, 0.3) is 0 Å². The van der Waals surface area contributed by atoms with Gasteiger partial charge in [-0.15, -0.1) is 0 Å². The van der Waals surface area contributed by atoms with E-state index in [1.165, 1.54) is 12.1 Å². The maximum absolute atomic E-state index is 13.7. The lowest BCUT2D eigenvalue weighted by Gasteiger charge is -2.13. The minimum atomic E-state index is -0.490. The Labute approximate surface area is 125 Å². The number of halogens is 2. The molecule has 0 saturated carbocycles. The zero-order valence-corrected chi connectivity index (χ0v) is 12.6. The highest BCUT2D eigenvalue weighted by atomic mass is 79.9. The molecule has 5 heteroatoms.